The molecule has 1 aliphatic heterocycles. The lowest BCUT2D eigenvalue weighted by Crippen LogP contribution is -2.32. The fraction of sp³-hybridized carbons (Fsp3) is 0.312. The second-order valence-electron chi connectivity index (χ2n) is 5.37. The van der Waals surface area contributed by atoms with Crippen molar-refractivity contribution < 1.29 is 29.3 Å². The van der Waals surface area contributed by atoms with Crippen molar-refractivity contribution in [3.63, 3.8) is 0 Å². The molecule has 1 atom stereocenters. The van der Waals surface area contributed by atoms with Crippen molar-refractivity contribution in [2.24, 2.45) is 10.2 Å². The Morgan fingerprint density at radius 2 is 2.22 bits per heavy atom. The smallest absolute Gasteiger partial charge is 0.305 e. The van der Waals surface area contributed by atoms with Crippen LogP contribution in [0.3, 0.4) is 0 Å². The van der Waals surface area contributed by atoms with E-state index >= 15 is 0 Å². The normalized spacial score (nSPS) is 17.9. The molecule has 0 bridgehead atoms. The van der Waals surface area contributed by atoms with Crippen LogP contribution in [0.1, 0.15) is 18.4 Å². The standard InChI is InChI=1S/C16H18N4O6S/c1-26-11-6-9(2-3-10(11)21)8-18-20-16-19-15(25)12(27-16)7-13(22)17-5-4-14(23)24/h2-3,6,8,12,21H,4-5,7H2,1H3,(H,17,22)(H,23,24)(H,19,20,25). The number of aliphatic carboxylic acids is 1. The molecule has 1 unspecified atom stereocenters. The Balaban J connectivity index is 1.88. The summed E-state index contributed by atoms with van der Waals surface area (Å²) in [5.41, 5.74) is 0.637. The van der Waals surface area contributed by atoms with Gasteiger partial charge in [-0.05, 0) is 23.8 Å². The Morgan fingerprint density at radius 1 is 1.44 bits per heavy atom. The highest BCUT2D eigenvalue weighted by atomic mass is 32.2. The number of carboxylic acid groups (broad SMARTS) is 1. The lowest BCUT2D eigenvalue weighted by molar-refractivity contribution is -0.137. The highest BCUT2D eigenvalue weighted by Crippen LogP contribution is 2.25. The number of hydrogen-bond donors (Lipinski definition) is 4. The number of ether oxygens (including phenoxy) is 1. The van der Waals surface area contributed by atoms with E-state index in [1.807, 2.05) is 0 Å². The van der Waals surface area contributed by atoms with Crippen LogP contribution in [0.25, 0.3) is 0 Å². The number of rotatable bonds is 8. The molecule has 1 aliphatic rings. The number of amidine groups is 1. The van der Waals surface area contributed by atoms with Crippen LogP contribution < -0.4 is 15.4 Å². The summed E-state index contributed by atoms with van der Waals surface area (Å²) in [7, 11) is 1.43. The molecule has 0 aromatic heterocycles. The number of benzene rings is 1. The van der Waals surface area contributed by atoms with Gasteiger partial charge in [-0.15, -0.1) is 5.10 Å². The molecule has 0 aliphatic carbocycles. The van der Waals surface area contributed by atoms with Crippen molar-refractivity contribution >= 4 is 40.9 Å². The number of thioether (sulfide) groups is 1. The van der Waals surface area contributed by atoms with Gasteiger partial charge in [0, 0.05) is 13.0 Å². The molecule has 2 amide bonds. The van der Waals surface area contributed by atoms with Crippen LogP contribution in [0.15, 0.2) is 28.4 Å². The molecule has 2 rings (SSSR count). The van der Waals surface area contributed by atoms with E-state index < -0.39 is 17.1 Å². The van der Waals surface area contributed by atoms with Crippen molar-refractivity contribution in [3.8, 4) is 11.5 Å². The molecule has 144 valence electrons. The summed E-state index contributed by atoms with van der Waals surface area (Å²) >= 11 is 1.07. The number of carbonyl (C=O) groups excluding carboxylic acids is 2. The van der Waals surface area contributed by atoms with Crippen molar-refractivity contribution in [1.82, 2.24) is 10.6 Å². The third-order valence-corrected chi connectivity index (χ3v) is 4.44. The summed E-state index contributed by atoms with van der Waals surface area (Å²) < 4.78 is 4.99. The minimum absolute atomic E-state index is 0.00375. The highest BCUT2D eigenvalue weighted by Gasteiger charge is 2.32. The number of carboxylic acids is 1. The third kappa shape index (κ3) is 6.29. The number of aromatic hydroxyl groups is 1. The average Bonchev–Trinajstić information content (AvgIpc) is 2.95. The van der Waals surface area contributed by atoms with Crippen LogP contribution in [0.2, 0.25) is 0 Å². The molecule has 0 saturated carbocycles. The maximum atomic E-state index is 11.9. The lowest BCUT2D eigenvalue weighted by atomic mass is 10.2. The topological polar surface area (TPSA) is 150 Å². The summed E-state index contributed by atoms with van der Waals surface area (Å²) in [6.45, 7) is 0.00844. The number of carbonyl (C=O) groups is 3. The predicted octanol–water partition coefficient (Wildman–Crippen LogP) is 0.303. The van der Waals surface area contributed by atoms with E-state index in [2.05, 4.69) is 20.8 Å². The van der Waals surface area contributed by atoms with Crippen LogP contribution in [0.4, 0.5) is 0 Å². The summed E-state index contributed by atoms with van der Waals surface area (Å²) in [6.07, 6.45) is 1.15. The van der Waals surface area contributed by atoms with Gasteiger partial charge >= 0.3 is 5.97 Å². The molecule has 4 N–H and O–H groups in total. The van der Waals surface area contributed by atoms with Gasteiger partial charge in [0.25, 0.3) is 0 Å². The summed E-state index contributed by atoms with van der Waals surface area (Å²) in [5, 5.41) is 30.4. The van der Waals surface area contributed by atoms with Gasteiger partial charge in [0.15, 0.2) is 16.7 Å². The van der Waals surface area contributed by atoms with Gasteiger partial charge in [-0.25, -0.2) is 0 Å². The van der Waals surface area contributed by atoms with Crippen LogP contribution >= 0.6 is 11.8 Å². The number of methoxy groups -OCH3 is 1. The molecule has 0 spiro atoms. The van der Waals surface area contributed by atoms with Gasteiger partial charge in [-0.3, -0.25) is 14.4 Å². The molecule has 1 heterocycles. The molecule has 1 saturated heterocycles. The second kappa shape index (κ2) is 9.57. The molecule has 27 heavy (non-hydrogen) atoms. The Hall–Kier alpha value is -3.08. The molecule has 0 radical (unpaired) electrons. The first-order valence-electron chi connectivity index (χ1n) is 7.83. The summed E-state index contributed by atoms with van der Waals surface area (Å²) in [4.78, 5) is 34.0. The zero-order chi connectivity index (χ0) is 19.8. The van der Waals surface area contributed by atoms with Crippen LogP contribution in [-0.4, -0.2) is 58.3 Å². The Kier molecular flexibility index (Phi) is 7.17. The zero-order valence-corrected chi connectivity index (χ0v) is 15.2. The largest absolute Gasteiger partial charge is 0.504 e. The number of phenols is 1. The Bertz CT molecular complexity index is 795. The van der Waals surface area contributed by atoms with Gasteiger partial charge in [0.05, 0.1) is 19.7 Å². The monoisotopic (exact) mass is 394 g/mol. The number of nitrogens with one attached hydrogen (secondary N) is 2. The number of nitrogens with zero attached hydrogens (tertiary/aromatic N) is 2. The lowest BCUT2D eigenvalue weighted by Gasteiger charge is -2.05. The maximum absolute atomic E-state index is 11.9. The van der Waals surface area contributed by atoms with Crippen molar-refractivity contribution in [2.75, 3.05) is 13.7 Å². The van der Waals surface area contributed by atoms with E-state index in [0.29, 0.717) is 11.3 Å². The van der Waals surface area contributed by atoms with Gasteiger partial charge in [-0.2, -0.15) is 5.10 Å². The molecule has 10 nitrogen and oxygen atoms in total. The molecule has 1 aromatic carbocycles. The van der Waals surface area contributed by atoms with Crippen molar-refractivity contribution in [2.45, 2.75) is 18.1 Å². The van der Waals surface area contributed by atoms with E-state index in [-0.39, 0.29) is 36.2 Å². The Morgan fingerprint density at radius 3 is 2.93 bits per heavy atom. The van der Waals surface area contributed by atoms with E-state index in [1.165, 1.54) is 19.4 Å². The molecular formula is C16H18N4O6S. The summed E-state index contributed by atoms with van der Waals surface area (Å²) in [5.74, 6) is -1.49. The highest BCUT2D eigenvalue weighted by molar-refractivity contribution is 8.15. The summed E-state index contributed by atoms with van der Waals surface area (Å²) in [6, 6.07) is 4.65. The average molecular weight is 394 g/mol. The van der Waals surface area contributed by atoms with Gasteiger partial charge in [-0.1, -0.05) is 11.8 Å². The van der Waals surface area contributed by atoms with Crippen LogP contribution in [0, 0.1) is 0 Å². The minimum Gasteiger partial charge on any atom is -0.504 e. The van der Waals surface area contributed by atoms with Crippen molar-refractivity contribution in [1.29, 1.82) is 0 Å². The molecule has 1 aromatic rings. The number of amides is 2. The molecule has 11 heteroatoms. The third-order valence-electron chi connectivity index (χ3n) is 3.37. The minimum atomic E-state index is -1.01. The van der Waals surface area contributed by atoms with Crippen molar-refractivity contribution in [3.05, 3.63) is 23.8 Å². The fourth-order valence-electron chi connectivity index (χ4n) is 2.06. The quantitative estimate of drug-likeness (QED) is 0.366. The first-order valence-corrected chi connectivity index (χ1v) is 8.71. The maximum Gasteiger partial charge on any atom is 0.305 e. The number of hydrogen-bond acceptors (Lipinski definition) is 8. The van der Waals surface area contributed by atoms with Crippen LogP contribution in [0.5, 0.6) is 11.5 Å². The fourth-order valence-corrected chi connectivity index (χ4v) is 2.98. The van der Waals surface area contributed by atoms with E-state index in [4.69, 9.17) is 9.84 Å². The number of phenolic OH excluding ortho intramolecular Hbond substituents is 1. The van der Waals surface area contributed by atoms with E-state index in [0.717, 1.165) is 11.8 Å². The van der Waals surface area contributed by atoms with Gasteiger partial charge < -0.3 is 25.6 Å². The molecular weight excluding hydrogens is 376 g/mol. The zero-order valence-electron chi connectivity index (χ0n) is 14.3. The predicted molar refractivity (Wildman–Crippen MR) is 99.1 cm³/mol. The first kappa shape index (κ1) is 20.2. The first-order chi connectivity index (χ1) is 12.9. The SMILES string of the molecule is COc1cc(C=NN=C2NC(=O)C(CC(=O)NCCC(=O)O)S2)ccc1O. The van der Waals surface area contributed by atoms with Gasteiger partial charge in [0.1, 0.15) is 5.25 Å². The molecule has 1 fully saturated rings. The van der Waals surface area contributed by atoms with E-state index in [1.54, 1.807) is 12.1 Å². The van der Waals surface area contributed by atoms with Gasteiger partial charge in [0.2, 0.25) is 11.8 Å². The van der Waals surface area contributed by atoms with E-state index in [9.17, 15) is 19.5 Å². The van der Waals surface area contributed by atoms with Crippen LogP contribution in [-0.2, 0) is 14.4 Å². The Labute approximate surface area is 158 Å². The second-order valence-corrected chi connectivity index (χ2v) is 6.57.